The Kier molecular flexibility index (Phi) is 5.95. The van der Waals surface area contributed by atoms with Gasteiger partial charge in [0.2, 0.25) is 0 Å². The molecule has 2 N–H and O–H groups in total. The monoisotopic (exact) mass is 456 g/mol. The van der Waals surface area contributed by atoms with Crippen molar-refractivity contribution < 1.29 is 19.4 Å². The molecular weight excluding hydrogens is 440 g/mol. The molecule has 0 fully saturated rings. The van der Waals surface area contributed by atoms with Gasteiger partial charge in [-0.15, -0.1) is 0 Å². The molecule has 34 heavy (non-hydrogen) atoms. The summed E-state index contributed by atoms with van der Waals surface area (Å²) < 4.78 is 0. The number of hydrogen-bond donors (Lipinski definition) is 2. The Labute approximate surface area is 192 Å². The van der Waals surface area contributed by atoms with Gasteiger partial charge in [0.15, 0.2) is 0 Å². The summed E-state index contributed by atoms with van der Waals surface area (Å²) in [4.78, 5) is 46.1. The molecule has 4 aromatic carbocycles. The van der Waals surface area contributed by atoms with Crippen LogP contribution in [0.15, 0.2) is 84.9 Å². The number of anilines is 2. The Balaban J connectivity index is 1.63. The van der Waals surface area contributed by atoms with Crippen molar-refractivity contribution in [1.82, 2.24) is 0 Å². The maximum absolute atomic E-state index is 12.8. The average molecular weight is 456 g/mol. The van der Waals surface area contributed by atoms with Crippen molar-refractivity contribution >= 4 is 45.3 Å². The summed E-state index contributed by atoms with van der Waals surface area (Å²) >= 11 is 0. The summed E-state index contributed by atoms with van der Waals surface area (Å²) in [5, 5.41) is 28.6. The Bertz CT molecular complexity index is 1330. The molecular formula is C24H16N4O6. The number of hydrogen-bond acceptors (Lipinski definition) is 6. The van der Waals surface area contributed by atoms with Gasteiger partial charge in [0.1, 0.15) is 0 Å². The van der Waals surface area contributed by atoms with Crippen LogP contribution in [0, 0.1) is 20.2 Å². The van der Waals surface area contributed by atoms with Crippen molar-refractivity contribution in [2.75, 3.05) is 10.6 Å². The zero-order chi connectivity index (χ0) is 24.2. The normalized spacial score (nSPS) is 10.5. The van der Waals surface area contributed by atoms with Crippen LogP contribution in [0.1, 0.15) is 20.7 Å². The maximum Gasteiger partial charge on any atom is 0.269 e. The highest BCUT2D eigenvalue weighted by Crippen LogP contribution is 2.31. The van der Waals surface area contributed by atoms with E-state index < -0.39 is 21.7 Å². The zero-order valence-corrected chi connectivity index (χ0v) is 17.4. The first-order valence-electron chi connectivity index (χ1n) is 9.97. The molecule has 10 nitrogen and oxygen atoms in total. The summed E-state index contributed by atoms with van der Waals surface area (Å²) in [6.07, 6.45) is 0. The number of non-ortho nitro benzene ring substituents is 2. The van der Waals surface area contributed by atoms with Crippen LogP contribution in [0.4, 0.5) is 22.7 Å². The molecule has 0 aliphatic carbocycles. The van der Waals surface area contributed by atoms with E-state index in [4.69, 9.17) is 0 Å². The molecule has 0 saturated heterocycles. The second-order valence-electron chi connectivity index (χ2n) is 7.23. The van der Waals surface area contributed by atoms with E-state index in [1.54, 1.807) is 24.3 Å². The molecule has 0 saturated carbocycles. The second kappa shape index (κ2) is 9.17. The van der Waals surface area contributed by atoms with Crippen LogP contribution in [-0.4, -0.2) is 21.7 Å². The lowest BCUT2D eigenvalue weighted by Crippen LogP contribution is -2.14. The van der Waals surface area contributed by atoms with Crippen molar-refractivity contribution in [1.29, 1.82) is 0 Å². The topological polar surface area (TPSA) is 144 Å². The van der Waals surface area contributed by atoms with Crippen molar-refractivity contribution in [2.24, 2.45) is 0 Å². The van der Waals surface area contributed by atoms with Gasteiger partial charge in [0, 0.05) is 40.8 Å². The minimum Gasteiger partial charge on any atom is -0.321 e. The summed E-state index contributed by atoms with van der Waals surface area (Å²) in [6, 6.07) is 20.9. The minimum atomic E-state index is -0.549. The molecule has 168 valence electrons. The van der Waals surface area contributed by atoms with E-state index in [0.717, 1.165) is 5.39 Å². The lowest BCUT2D eigenvalue weighted by molar-refractivity contribution is -0.385. The van der Waals surface area contributed by atoms with Crippen LogP contribution in [0.25, 0.3) is 10.8 Å². The van der Waals surface area contributed by atoms with Crippen molar-refractivity contribution in [3.05, 3.63) is 116 Å². The molecule has 4 rings (SSSR count). The van der Waals surface area contributed by atoms with Crippen LogP contribution < -0.4 is 10.6 Å². The summed E-state index contributed by atoms with van der Waals surface area (Å²) in [5.74, 6) is -0.946. The fourth-order valence-corrected chi connectivity index (χ4v) is 3.41. The number of nitrogens with one attached hydrogen (secondary N) is 2. The molecule has 10 heteroatoms. The van der Waals surface area contributed by atoms with Crippen LogP contribution in [0.2, 0.25) is 0 Å². The van der Waals surface area contributed by atoms with Crippen LogP contribution in [0.3, 0.4) is 0 Å². The molecule has 0 atom stereocenters. The lowest BCUT2D eigenvalue weighted by Gasteiger charge is -2.14. The molecule has 0 bridgehead atoms. The van der Waals surface area contributed by atoms with E-state index in [2.05, 4.69) is 10.6 Å². The number of benzene rings is 4. The fraction of sp³-hybridized carbons (Fsp3) is 0. The van der Waals surface area contributed by atoms with Crippen molar-refractivity contribution in [3.63, 3.8) is 0 Å². The number of nitro benzene ring substituents is 2. The second-order valence-corrected chi connectivity index (χ2v) is 7.23. The highest BCUT2D eigenvalue weighted by molar-refractivity contribution is 6.15. The predicted octanol–water partition coefficient (Wildman–Crippen LogP) is 5.16. The molecule has 2 amide bonds. The molecule has 0 aliphatic heterocycles. The third-order valence-corrected chi connectivity index (χ3v) is 5.08. The highest BCUT2D eigenvalue weighted by Gasteiger charge is 2.15. The SMILES string of the molecule is O=C(Nc1cccc2cccc(NC(=O)c3ccc([N+](=O)[O-])cc3)c12)c1ccc([N+](=O)[O-])cc1. The predicted molar refractivity (Wildman–Crippen MR) is 126 cm³/mol. The van der Waals surface area contributed by atoms with Gasteiger partial charge in [0.25, 0.3) is 23.2 Å². The summed E-state index contributed by atoms with van der Waals surface area (Å²) in [7, 11) is 0. The van der Waals surface area contributed by atoms with Gasteiger partial charge in [0.05, 0.1) is 21.2 Å². The van der Waals surface area contributed by atoms with E-state index in [-0.39, 0.29) is 22.5 Å². The third-order valence-electron chi connectivity index (χ3n) is 5.08. The first-order chi connectivity index (χ1) is 16.3. The molecule has 4 aromatic rings. The molecule has 0 heterocycles. The fourth-order valence-electron chi connectivity index (χ4n) is 3.41. The Morgan fingerprint density at radius 3 is 1.32 bits per heavy atom. The van der Waals surface area contributed by atoms with Gasteiger partial charge in [-0.25, -0.2) is 0 Å². The molecule has 0 aromatic heterocycles. The summed E-state index contributed by atoms with van der Waals surface area (Å²) in [6.45, 7) is 0. The number of nitro groups is 2. The Morgan fingerprint density at radius 1 is 0.588 bits per heavy atom. The number of carbonyl (C=O) groups is 2. The molecule has 0 unspecified atom stereocenters. The standard InChI is InChI=1S/C24H16N4O6/c29-23(16-7-11-18(12-8-16)27(31)32)25-20-5-1-3-15-4-2-6-21(22(15)20)26-24(30)17-9-13-19(14-10-17)28(33)34/h1-14H,(H,25,29)(H,26,30). The zero-order valence-electron chi connectivity index (χ0n) is 17.4. The molecule has 0 aliphatic rings. The van der Waals surface area contributed by atoms with Gasteiger partial charge in [-0.3, -0.25) is 29.8 Å². The lowest BCUT2D eigenvalue weighted by atomic mass is 10.1. The van der Waals surface area contributed by atoms with Crippen LogP contribution in [0.5, 0.6) is 0 Å². The van der Waals surface area contributed by atoms with E-state index in [0.29, 0.717) is 16.8 Å². The number of nitrogens with zero attached hydrogens (tertiary/aromatic N) is 2. The summed E-state index contributed by atoms with van der Waals surface area (Å²) in [5.41, 5.74) is 1.07. The Morgan fingerprint density at radius 2 is 0.971 bits per heavy atom. The minimum absolute atomic E-state index is 0.127. The number of carbonyl (C=O) groups excluding carboxylic acids is 2. The highest BCUT2D eigenvalue weighted by atomic mass is 16.6. The molecule has 0 radical (unpaired) electrons. The van der Waals surface area contributed by atoms with Gasteiger partial charge in [-0.2, -0.15) is 0 Å². The van der Waals surface area contributed by atoms with E-state index in [1.165, 1.54) is 48.5 Å². The smallest absolute Gasteiger partial charge is 0.269 e. The average Bonchev–Trinajstić information content (AvgIpc) is 2.84. The maximum atomic E-state index is 12.8. The molecule has 0 spiro atoms. The van der Waals surface area contributed by atoms with Crippen molar-refractivity contribution in [2.45, 2.75) is 0 Å². The van der Waals surface area contributed by atoms with Gasteiger partial charge in [-0.1, -0.05) is 24.3 Å². The number of fused-ring (bicyclic) bond motifs is 1. The first-order valence-corrected chi connectivity index (χ1v) is 9.97. The van der Waals surface area contributed by atoms with Crippen molar-refractivity contribution in [3.8, 4) is 0 Å². The van der Waals surface area contributed by atoms with E-state index >= 15 is 0 Å². The quantitative estimate of drug-likeness (QED) is 0.303. The van der Waals surface area contributed by atoms with E-state index in [1.807, 2.05) is 12.1 Å². The van der Waals surface area contributed by atoms with E-state index in [9.17, 15) is 29.8 Å². The van der Waals surface area contributed by atoms with Gasteiger partial charge in [-0.05, 0) is 41.8 Å². The Hall–Kier alpha value is -5.12. The van der Waals surface area contributed by atoms with Crippen LogP contribution >= 0.6 is 0 Å². The first kappa shape index (κ1) is 22.1. The number of rotatable bonds is 6. The van der Waals surface area contributed by atoms with Crippen LogP contribution in [-0.2, 0) is 0 Å². The van der Waals surface area contributed by atoms with Gasteiger partial charge < -0.3 is 10.6 Å². The third kappa shape index (κ3) is 4.55. The number of amides is 2. The largest absolute Gasteiger partial charge is 0.321 e. The van der Waals surface area contributed by atoms with Gasteiger partial charge >= 0.3 is 0 Å².